The smallest absolute Gasteiger partial charge is 0.0468 e. The summed E-state index contributed by atoms with van der Waals surface area (Å²) in [5.41, 5.74) is 18.4. The van der Waals surface area contributed by atoms with Gasteiger partial charge in [0.25, 0.3) is 0 Å². The molecule has 61 heavy (non-hydrogen) atoms. The minimum Gasteiger partial charge on any atom is -0.310 e. The molecule has 0 heterocycles. The molecule has 1 fully saturated rings. The lowest BCUT2D eigenvalue weighted by Gasteiger charge is -2.30. The highest BCUT2D eigenvalue weighted by Gasteiger charge is 2.45. The SMILES string of the molecule is Cc1cccc(N(c2ccc3c(c2)C2(CCCC2)c2ccccc2-3)c2ccc3c(c2)c2ccccc2c2c(-c4ccccc4)cc(C4=CCCC=C4)c(-c4ccccc4)c32)c1. The highest BCUT2D eigenvalue weighted by Crippen LogP contribution is 2.58. The third kappa shape index (κ3) is 5.67. The van der Waals surface area contributed by atoms with Gasteiger partial charge in [-0.3, -0.25) is 0 Å². The minimum atomic E-state index is 0.0870. The Morgan fingerprint density at radius 3 is 1.90 bits per heavy atom. The van der Waals surface area contributed by atoms with Crippen LogP contribution in [0, 0.1) is 6.92 Å². The molecule has 292 valence electrons. The lowest BCUT2D eigenvalue weighted by atomic mass is 9.76. The Morgan fingerprint density at radius 1 is 0.443 bits per heavy atom. The molecule has 0 radical (unpaired) electrons. The van der Waals surface area contributed by atoms with Crippen LogP contribution in [0.5, 0.6) is 0 Å². The zero-order chi connectivity index (χ0) is 40.5. The van der Waals surface area contributed by atoms with Gasteiger partial charge in [0.15, 0.2) is 0 Å². The van der Waals surface area contributed by atoms with Gasteiger partial charge in [0.2, 0.25) is 0 Å². The number of hydrogen-bond donors (Lipinski definition) is 0. The summed E-state index contributed by atoms with van der Waals surface area (Å²) in [6.07, 6.45) is 14.2. The molecule has 1 nitrogen and oxygen atoms in total. The number of aryl methyl sites for hydroxylation is 1. The maximum atomic E-state index is 2.54. The number of hydrogen-bond acceptors (Lipinski definition) is 1. The van der Waals surface area contributed by atoms with E-state index < -0.39 is 0 Å². The molecule has 0 aliphatic heterocycles. The monoisotopic (exact) mass is 781 g/mol. The summed E-state index contributed by atoms with van der Waals surface area (Å²) < 4.78 is 0. The first kappa shape index (κ1) is 35.9. The van der Waals surface area contributed by atoms with Crippen molar-refractivity contribution < 1.29 is 0 Å². The van der Waals surface area contributed by atoms with Crippen molar-refractivity contribution in [3.05, 3.63) is 216 Å². The number of allylic oxidation sites excluding steroid dienone is 4. The Labute approximate surface area is 359 Å². The number of fused-ring (bicyclic) bond motifs is 11. The van der Waals surface area contributed by atoms with E-state index in [1.165, 1.54) is 131 Å². The van der Waals surface area contributed by atoms with Crippen molar-refractivity contribution in [3.63, 3.8) is 0 Å². The van der Waals surface area contributed by atoms with Gasteiger partial charge in [-0.05, 0) is 169 Å². The fourth-order valence-electron chi connectivity index (χ4n) is 11.4. The largest absolute Gasteiger partial charge is 0.310 e. The molecule has 1 saturated carbocycles. The number of nitrogens with zero attached hydrogens (tertiary/aromatic N) is 1. The van der Waals surface area contributed by atoms with Gasteiger partial charge in [0.05, 0.1) is 0 Å². The van der Waals surface area contributed by atoms with Gasteiger partial charge >= 0.3 is 0 Å². The average molecular weight is 782 g/mol. The zero-order valence-electron chi connectivity index (χ0n) is 34.7. The Bertz CT molecular complexity index is 3250. The van der Waals surface area contributed by atoms with E-state index in [9.17, 15) is 0 Å². The van der Waals surface area contributed by atoms with E-state index in [0.29, 0.717) is 0 Å². The molecule has 1 heteroatoms. The molecule has 3 aliphatic carbocycles. The highest BCUT2D eigenvalue weighted by atomic mass is 15.1. The molecule has 0 aromatic heterocycles. The molecule has 0 bridgehead atoms. The molecule has 0 N–H and O–H groups in total. The third-order valence-electron chi connectivity index (χ3n) is 14.0. The summed E-state index contributed by atoms with van der Waals surface area (Å²) in [5, 5.41) is 7.70. The van der Waals surface area contributed by atoms with Crippen LogP contribution in [0.15, 0.2) is 194 Å². The van der Waals surface area contributed by atoms with E-state index in [1.54, 1.807) is 0 Å². The van der Waals surface area contributed by atoms with Gasteiger partial charge in [0, 0.05) is 22.5 Å². The maximum Gasteiger partial charge on any atom is 0.0468 e. The van der Waals surface area contributed by atoms with Gasteiger partial charge in [-0.15, -0.1) is 0 Å². The van der Waals surface area contributed by atoms with E-state index in [4.69, 9.17) is 0 Å². The molecule has 3 aliphatic rings. The molecule has 0 unspecified atom stereocenters. The quantitative estimate of drug-likeness (QED) is 0.152. The predicted octanol–water partition coefficient (Wildman–Crippen LogP) is 16.8. The van der Waals surface area contributed by atoms with Crippen LogP contribution in [-0.2, 0) is 5.41 Å². The second-order valence-electron chi connectivity index (χ2n) is 17.5. The Kier molecular flexibility index (Phi) is 8.46. The predicted molar refractivity (Wildman–Crippen MR) is 260 cm³/mol. The van der Waals surface area contributed by atoms with Crippen molar-refractivity contribution in [3.8, 4) is 33.4 Å². The van der Waals surface area contributed by atoms with Crippen LogP contribution in [0.25, 0.3) is 71.3 Å². The number of rotatable bonds is 6. The van der Waals surface area contributed by atoms with Crippen LogP contribution in [-0.4, -0.2) is 0 Å². The summed E-state index contributed by atoms with van der Waals surface area (Å²) >= 11 is 0. The van der Waals surface area contributed by atoms with Crippen molar-refractivity contribution in [2.24, 2.45) is 0 Å². The Morgan fingerprint density at radius 2 is 1.11 bits per heavy atom. The molecule has 12 rings (SSSR count). The Balaban J connectivity index is 1.17. The first-order valence-corrected chi connectivity index (χ1v) is 22.2. The van der Waals surface area contributed by atoms with E-state index >= 15 is 0 Å². The van der Waals surface area contributed by atoms with Gasteiger partial charge < -0.3 is 4.90 Å². The average Bonchev–Trinajstić information content (AvgIpc) is 3.93. The first-order valence-electron chi connectivity index (χ1n) is 22.2. The fraction of sp³-hybridized carbons (Fsp3) is 0.133. The van der Waals surface area contributed by atoms with Gasteiger partial charge in [-0.2, -0.15) is 0 Å². The summed E-state index contributed by atoms with van der Waals surface area (Å²) in [6, 6.07) is 66.6. The summed E-state index contributed by atoms with van der Waals surface area (Å²) in [6.45, 7) is 2.21. The minimum absolute atomic E-state index is 0.0870. The first-order chi connectivity index (χ1) is 30.2. The van der Waals surface area contributed by atoms with Crippen LogP contribution in [0.2, 0.25) is 0 Å². The van der Waals surface area contributed by atoms with Crippen LogP contribution >= 0.6 is 0 Å². The molecule has 9 aromatic rings. The lowest BCUT2D eigenvalue weighted by Crippen LogP contribution is -2.21. The van der Waals surface area contributed by atoms with E-state index in [1.807, 2.05) is 0 Å². The van der Waals surface area contributed by atoms with E-state index in [-0.39, 0.29) is 5.41 Å². The normalized spacial score (nSPS) is 15.1. The Hall–Kier alpha value is -6.96. The van der Waals surface area contributed by atoms with Gasteiger partial charge in [-0.25, -0.2) is 0 Å². The van der Waals surface area contributed by atoms with Gasteiger partial charge in [0.1, 0.15) is 0 Å². The summed E-state index contributed by atoms with van der Waals surface area (Å²) in [4.78, 5) is 2.51. The molecule has 1 spiro atoms. The zero-order valence-corrected chi connectivity index (χ0v) is 34.7. The molecular weight excluding hydrogens is 735 g/mol. The molecular formula is C60H47N. The second kappa shape index (κ2) is 14.4. The van der Waals surface area contributed by atoms with Crippen molar-refractivity contribution in [2.45, 2.75) is 50.9 Å². The highest BCUT2D eigenvalue weighted by molar-refractivity contribution is 6.33. The summed E-state index contributed by atoms with van der Waals surface area (Å²) in [5.74, 6) is 0. The van der Waals surface area contributed by atoms with Crippen LogP contribution < -0.4 is 4.90 Å². The lowest BCUT2D eigenvalue weighted by molar-refractivity contribution is 0.550. The number of anilines is 3. The van der Waals surface area contributed by atoms with Crippen molar-refractivity contribution in [1.82, 2.24) is 0 Å². The standard InChI is InChI=1S/C60H47N/c1-40-18-17-25-44(36-40)61(46-30-32-49-48-27-13-14-29-55(48)60(56(49)38-46)34-15-16-35-60)45-31-33-51-54(37-45)47-26-11-12-28-50(47)58-53(42-21-7-3-8-22-42)39-52(41-19-5-2-6-20-41)57(59(51)58)43-23-9-4-10-24-43/h3-5,7-14,17-33,36-39H,2,6,15-16,34-35H2,1H3. The fourth-order valence-corrected chi connectivity index (χ4v) is 11.4. The van der Waals surface area contributed by atoms with Crippen molar-refractivity contribution >= 4 is 55.0 Å². The van der Waals surface area contributed by atoms with E-state index in [0.717, 1.165) is 18.5 Å². The topological polar surface area (TPSA) is 3.24 Å². The molecule has 0 atom stereocenters. The summed E-state index contributed by atoms with van der Waals surface area (Å²) in [7, 11) is 0. The van der Waals surface area contributed by atoms with Crippen molar-refractivity contribution in [1.29, 1.82) is 0 Å². The third-order valence-corrected chi connectivity index (χ3v) is 14.0. The molecule has 0 saturated heterocycles. The number of benzene rings is 9. The molecule has 0 amide bonds. The van der Waals surface area contributed by atoms with E-state index in [2.05, 4.69) is 206 Å². The van der Waals surface area contributed by atoms with Crippen LogP contribution in [0.1, 0.15) is 60.8 Å². The second-order valence-corrected chi connectivity index (χ2v) is 17.5. The van der Waals surface area contributed by atoms with Gasteiger partial charge in [-0.1, -0.05) is 165 Å². The van der Waals surface area contributed by atoms with Crippen LogP contribution in [0.4, 0.5) is 17.1 Å². The van der Waals surface area contributed by atoms with Crippen LogP contribution in [0.3, 0.4) is 0 Å². The molecule has 9 aromatic carbocycles. The van der Waals surface area contributed by atoms with Crippen molar-refractivity contribution in [2.75, 3.05) is 4.90 Å². The maximum absolute atomic E-state index is 2.54.